The summed E-state index contributed by atoms with van der Waals surface area (Å²) in [5, 5.41) is 3.50. The molecule has 0 radical (unpaired) electrons. The molecule has 0 amide bonds. The molecule has 0 spiro atoms. The number of likely N-dealkylation sites (tertiary alicyclic amines) is 1. The second-order valence-electron chi connectivity index (χ2n) is 5.24. The van der Waals surface area contributed by atoms with Crippen LogP contribution in [0.3, 0.4) is 0 Å². The molecule has 2 aliphatic heterocycles. The average Bonchev–Trinajstić information content (AvgIpc) is 2.56. The van der Waals surface area contributed by atoms with Crippen LogP contribution in [0.1, 0.15) is 33.1 Å². The summed E-state index contributed by atoms with van der Waals surface area (Å²) >= 11 is 0. The summed E-state index contributed by atoms with van der Waals surface area (Å²) in [6.07, 6.45) is 4.27. The van der Waals surface area contributed by atoms with Gasteiger partial charge in [-0.05, 0) is 51.2 Å². The summed E-state index contributed by atoms with van der Waals surface area (Å²) in [7, 11) is 0. The summed E-state index contributed by atoms with van der Waals surface area (Å²) in [5.41, 5.74) is 0. The van der Waals surface area contributed by atoms with Gasteiger partial charge >= 0.3 is 0 Å². The Balaban J connectivity index is 1.83. The molecule has 1 N–H and O–H groups in total. The van der Waals surface area contributed by atoms with Crippen molar-refractivity contribution in [3.05, 3.63) is 0 Å². The molecule has 1 unspecified atom stereocenters. The van der Waals surface area contributed by atoms with Gasteiger partial charge < -0.3 is 10.2 Å². The molecule has 2 fully saturated rings. The Morgan fingerprint density at radius 2 is 2.07 bits per heavy atom. The van der Waals surface area contributed by atoms with E-state index in [1.54, 1.807) is 0 Å². The molecule has 82 valence electrons. The van der Waals surface area contributed by atoms with Crippen molar-refractivity contribution in [2.45, 2.75) is 39.2 Å². The third-order valence-electron chi connectivity index (χ3n) is 4.09. The van der Waals surface area contributed by atoms with Crippen LogP contribution in [0.2, 0.25) is 0 Å². The SMILES string of the molecule is CC1CCCCN1C[C@@H]1CNC[C@H]1C. The highest BCUT2D eigenvalue weighted by Gasteiger charge is 2.27. The van der Waals surface area contributed by atoms with Crippen LogP contribution in [0.25, 0.3) is 0 Å². The van der Waals surface area contributed by atoms with Gasteiger partial charge in [0, 0.05) is 12.6 Å². The lowest BCUT2D eigenvalue weighted by atomic mass is 9.95. The molecule has 14 heavy (non-hydrogen) atoms. The summed E-state index contributed by atoms with van der Waals surface area (Å²) in [6, 6.07) is 0.830. The van der Waals surface area contributed by atoms with Crippen LogP contribution in [0.5, 0.6) is 0 Å². The smallest absolute Gasteiger partial charge is 0.00670 e. The number of rotatable bonds is 2. The highest BCUT2D eigenvalue weighted by atomic mass is 15.2. The molecule has 2 aliphatic rings. The van der Waals surface area contributed by atoms with E-state index in [1.165, 1.54) is 45.4 Å². The maximum atomic E-state index is 3.50. The van der Waals surface area contributed by atoms with Crippen LogP contribution < -0.4 is 5.32 Å². The van der Waals surface area contributed by atoms with Crippen LogP contribution >= 0.6 is 0 Å². The molecule has 2 saturated heterocycles. The number of nitrogens with one attached hydrogen (secondary N) is 1. The number of hydrogen-bond acceptors (Lipinski definition) is 2. The maximum absolute atomic E-state index is 3.50. The standard InChI is InChI=1S/C12H24N2/c1-10-7-13-8-12(10)9-14-6-4-3-5-11(14)2/h10-13H,3-9H2,1-2H3/t10-,11?,12+/m1/s1. The van der Waals surface area contributed by atoms with Crippen molar-refractivity contribution in [1.29, 1.82) is 0 Å². The summed E-state index contributed by atoms with van der Waals surface area (Å²) in [6.45, 7) is 9.92. The first-order chi connectivity index (χ1) is 6.77. The van der Waals surface area contributed by atoms with Crippen LogP contribution in [0.15, 0.2) is 0 Å². The first-order valence-electron chi connectivity index (χ1n) is 6.22. The minimum Gasteiger partial charge on any atom is -0.316 e. The lowest BCUT2D eigenvalue weighted by molar-refractivity contribution is 0.131. The summed E-state index contributed by atoms with van der Waals surface area (Å²) < 4.78 is 0. The number of nitrogens with zero attached hydrogens (tertiary/aromatic N) is 1. The van der Waals surface area contributed by atoms with Gasteiger partial charge in [-0.1, -0.05) is 13.3 Å². The largest absolute Gasteiger partial charge is 0.316 e. The molecule has 0 aromatic carbocycles. The van der Waals surface area contributed by atoms with Crippen LogP contribution in [-0.2, 0) is 0 Å². The van der Waals surface area contributed by atoms with Crippen LogP contribution in [0.4, 0.5) is 0 Å². The minimum absolute atomic E-state index is 0.830. The van der Waals surface area contributed by atoms with E-state index in [0.717, 1.165) is 17.9 Å². The van der Waals surface area contributed by atoms with E-state index >= 15 is 0 Å². The maximum Gasteiger partial charge on any atom is 0.00670 e. The molecule has 0 aromatic rings. The lowest BCUT2D eigenvalue weighted by Gasteiger charge is -2.35. The zero-order valence-corrected chi connectivity index (χ0v) is 9.63. The van der Waals surface area contributed by atoms with Crippen LogP contribution in [0, 0.1) is 11.8 Å². The van der Waals surface area contributed by atoms with E-state index in [-0.39, 0.29) is 0 Å². The van der Waals surface area contributed by atoms with Gasteiger partial charge in [-0.2, -0.15) is 0 Å². The Bertz CT molecular complexity index is 181. The first-order valence-corrected chi connectivity index (χ1v) is 6.22. The quantitative estimate of drug-likeness (QED) is 0.723. The van der Waals surface area contributed by atoms with Gasteiger partial charge in [0.05, 0.1) is 0 Å². The highest BCUT2D eigenvalue weighted by molar-refractivity contribution is 4.83. The van der Waals surface area contributed by atoms with Gasteiger partial charge in [0.25, 0.3) is 0 Å². The fourth-order valence-corrected chi connectivity index (χ4v) is 2.84. The Hall–Kier alpha value is -0.0800. The third-order valence-corrected chi connectivity index (χ3v) is 4.09. The Morgan fingerprint density at radius 3 is 2.71 bits per heavy atom. The van der Waals surface area contributed by atoms with E-state index in [1.807, 2.05) is 0 Å². The van der Waals surface area contributed by atoms with Crippen molar-refractivity contribution in [3.63, 3.8) is 0 Å². The number of hydrogen-bond donors (Lipinski definition) is 1. The molecule has 0 saturated carbocycles. The minimum atomic E-state index is 0.830. The van der Waals surface area contributed by atoms with Gasteiger partial charge in [0.15, 0.2) is 0 Å². The van der Waals surface area contributed by atoms with Crippen LogP contribution in [-0.4, -0.2) is 37.1 Å². The van der Waals surface area contributed by atoms with Crippen molar-refractivity contribution in [2.75, 3.05) is 26.2 Å². The second kappa shape index (κ2) is 4.63. The van der Waals surface area contributed by atoms with Crippen molar-refractivity contribution >= 4 is 0 Å². The van der Waals surface area contributed by atoms with E-state index in [2.05, 4.69) is 24.1 Å². The monoisotopic (exact) mass is 196 g/mol. The zero-order chi connectivity index (χ0) is 9.97. The molecule has 2 nitrogen and oxygen atoms in total. The fraction of sp³-hybridized carbons (Fsp3) is 1.00. The Labute approximate surface area is 88.1 Å². The molecule has 3 atom stereocenters. The molecule has 0 aromatic heterocycles. The summed E-state index contributed by atoms with van der Waals surface area (Å²) in [4.78, 5) is 2.71. The van der Waals surface area contributed by atoms with Gasteiger partial charge in [0.2, 0.25) is 0 Å². The van der Waals surface area contributed by atoms with Gasteiger partial charge in [-0.3, -0.25) is 0 Å². The van der Waals surface area contributed by atoms with E-state index < -0.39 is 0 Å². The summed E-state index contributed by atoms with van der Waals surface area (Å²) in [5.74, 6) is 1.78. The van der Waals surface area contributed by atoms with Crippen molar-refractivity contribution in [2.24, 2.45) is 11.8 Å². The lowest BCUT2D eigenvalue weighted by Crippen LogP contribution is -2.41. The third kappa shape index (κ3) is 2.29. The molecule has 0 aliphatic carbocycles. The molecule has 2 rings (SSSR count). The Kier molecular flexibility index (Phi) is 3.45. The van der Waals surface area contributed by atoms with E-state index in [0.29, 0.717) is 0 Å². The second-order valence-corrected chi connectivity index (χ2v) is 5.24. The normalized spacial score (nSPS) is 40.3. The van der Waals surface area contributed by atoms with E-state index in [4.69, 9.17) is 0 Å². The predicted octanol–water partition coefficient (Wildman–Crippen LogP) is 1.72. The highest BCUT2D eigenvalue weighted by Crippen LogP contribution is 2.22. The zero-order valence-electron chi connectivity index (χ0n) is 9.63. The van der Waals surface area contributed by atoms with Crippen molar-refractivity contribution < 1.29 is 0 Å². The fourth-order valence-electron chi connectivity index (χ4n) is 2.84. The molecule has 0 bridgehead atoms. The predicted molar refractivity (Wildman–Crippen MR) is 60.4 cm³/mol. The molecular weight excluding hydrogens is 172 g/mol. The molecular formula is C12H24N2. The molecule has 2 heterocycles. The average molecular weight is 196 g/mol. The van der Waals surface area contributed by atoms with Crippen molar-refractivity contribution in [1.82, 2.24) is 10.2 Å². The Morgan fingerprint density at radius 1 is 1.21 bits per heavy atom. The van der Waals surface area contributed by atoms with E-state index in [9.17, 15) is 0 Å². The van der Waals surface area contributed by atoms with Gasteiger partial charge in [-0.25, -0.2) is 0 Å². The van der Waals surface area contributed by atoms with Crippen molar-refractivity contribution in [3.8, 4) is 0 Å². The topological polar surface area (TPSA) is 15.3 Å². The molecule has 2 heteroatoms. The van der Waals surface area contributed by atoms with Gasteiger partial charge in [-0.15, -0.1) is 0 Å². The van der Waals surface area contributed by atoms with Gasteiger partial charge in [0.1, 0.15) is 0 Å². The first kappa shape index (κ1) is 10.4. The number of piperidine rings is 1.